The fourth-order valence-electron chi connectivity index (χ4n) is 2.11. The van der Waals surface area contributed by atoms with Crippen LogP contribution in [0.1, 0.15) is 28.3 Å². The van der Waals surface area contributed by atoms with Gasteiger partial charge in [-0.2, -0.15) is 0 Å². The highest BCUT2D eigenvalue weighted by atomic mass is 35.5. The highest BCUT2D eigenvalue weighted by molar-refractivity contribution is 6.34. The summed E-state index contributed by atoms with van der Waals surface area (Å²) < 4.78 is 13.6. The molecule has 2 rings (SSSR count). The second kappa shape index (κ2) is 5.49. The molecule has 1 atom stereocenters. The van der Waals surface area contributed by atoms with Gasteiger partial charge in [0.1, 0.15) is 5.82 Å². The lowest BCUT2D eigenvalue weighted by atomic mass is 9.96. The summed E-state index contributed by atoms with van der Waals surface area (Å²) in [7, 11) is 0. The Balaban J connectivity index is 2.46. The van der Waals surface area contributed by atoms with Gasteiger partial charge in [-0.3, -0.25) is 0 Å². The van der Waals surface area contributed by atoms with Gasteiger partial charge in [0.15, 0.2) is 0 Å². The summed E-state index contributed by atoms with van der Waals surface area (Å²) in [4.78, 5) is 0. The zero-order valence-corrected chi connectivity index (χ0v) is 12.2. The Morgan fingerprint density at radius 1 is 0.895 bits per heavy atom. The van der Waals surface area contributed by atoms with Crippen LogP contribution >= 0.6 is 23.2 Å². The molecule has 2 N–H and O–H groups in total. The Hall–Kier alpha value is -1.09. The van der Waals surface area contributed by atoms with Crippen molar-refractivity contribution in [2.45, 2.75) is 19.9 Å². The Morgan fingerprint density at radius 3 is 1.79 bits per heavy atom. The predicted octanol–water partition coefficient (Wildman–Crippen LogP) is 4.80. The molecule has 0 aliphatic carbocycles. The van der Waals surface area contributed by atoms with Crippen molar-refractivity contribution in [3.8, 4) is 0 Å². The van der Waals surface area contributed by atoms with Crippen LogP contribution in [0.4, 0.5) is 4.39 Å². The average Bonchev–Trinajstić information content (AvgIpc) is 2.33. The van der Waals surface area contributed by atoms with Crippen molar-refractivity contribution in [1.82, 2.24) is 0 Å². The summed E-state index contributed by atoms with van der Waals surface area (Å²) in [6, 6.07) is 8.32. The molecule has 0 amide bonds. The van der Waals surface area contributed by atoms with Gasteiger partial charge in [-0.25, -0.2) is 4.39 Å². The molecule has 0 aromatic heterocycles. The van der Waals surface area contributed by atoms with E-state index in [1.54, 1.807) is 44.2 Å². The van der Waals surface area contributed by atoms with Crippen LogP contribution in [-0.4, -0.2) is 0 Å². The van der Waals surface area contributed by atoms with Crippen LogP contribution in [0.15, 0.2) is 30.3 Å². The minimum absolute atomic E-state index is 0.194. The molecule has 1 unspecified atom stereocenters. The molecule has 19 heavy (non-hydrogen) atoms. The van der Waals surface area contributed by atoms with Crippen LogP contribution in [0.5, 0.6) is 0 Å². The average molecular weight is 298 g/mol. The van der Waals surface area contributed by atoms with Crippen molar-refractivity contribution in [1.29, 1.82) is 0 Å². The summed E-state index contributed by atoms with van der Waals surface area (Å²) in [6.45, 7) is 3.45. The van der Waals surface area contributed by atoms with Gasteiger partial charge in [-0.15, -0.1) is 0 Å². The largest absolute Gasteiger partial charge is 0.320 e. The lowest BCUT2D eigenvalue weighted by Crippen LogP contribution is -2.13. The van der Waals surface area contributed by atoms with Gasteiger partial charge in [-0.05, 0) is 54.3 Å². The van der Waals surface area contributed by atoms with Crippen LogP contribution < -0.4 is 5.73 Å². The van der Waals surface area contributed by atoms with Crippen molar-refractivity contribution in [3.63, 3.8) is 0 Å². The Kier molecular flexibility index (Phi) is 4.14. The minimum Gasteiger partial charge on any atom is -0.320 e. The molecule has 0 bridgehead atoms. The van der Waals surface area contributed by atoms with E-state index in [2.05, 4.69) is 0 Å². The number of hydrogen-bond acceptors (Lipinski definition) is 1. The standard InChI is InChI=1S/C15H14Cl2FN/c1-8-3-10(4-9(2)14(8)18)15(19)11-5-12(16)7-13(17)6-11/h3-7,15H,19H2,1-2H3. The van der Waals surface area contributed by atoms with Gasteiger partial charge in [0.25, 0.3) is 0 Å². The minimum atomic E-state index is -0.380. The number of hydrogen-bond donors (Lipinski definition) is 1. The molecule has 1 nitrogen and oxygen atoms in total. The first-order valence-corrected chi connectivity index (χ1v) is 6.62. The zero-order valence-electron chi connectivity index (χ0n) is 10.7. The van der Waals surface area contributed by atoms with Crippen molar-refractivity contribution in [3.05, 3.63) is 68.4 Å². The van der Waals surface area contributed by atoms with E-state index in [4.69, 9.17) is 28.9 Å². The van der Waals surface area contributed by atoms with Gasteiger partial charge in [0.2, 0.25) is 0 Å². The third-order valence-corrected chi connectivity index (χ3v) is 3.50. The monoisotopic (exact) mass is 297 g/mol. The topological polar surface area (TPSA) is 26.0 Å². The fourth-order valence-corrected chi connectivity index (χ4v) is 2.65. The molecule has 0 heterocycles. The first kappa shape index (κ1) is 14.3. The van der Waals surface area contributed by atoms with Gasteiger partial charge in [0, 0.05) is 10.0 Å². The van der Waals surface area contributed by atoms with Crippen LogP contribution in [0, 0.1) is 19.7 Å². The van der Waals surface area contributed by atoms with Gasteiger partial charge >= 0.3 is 0 Å². The number of halogens is 3. The molecule has 0 radical (unpaired) electrons. The summed E-state index contributed by atoms with van der Waals surface area (Å²) >= 11 is 11.9. The second-order valence-electron chi connectivity index (χ2n) is 4.65. The summed E-state index contributed by atoms with van der Waals surface area (Å²) in [6.07, 6.45) is 0. The molecule has 2 aromatic carbocycles. The van der Waals surface area contributed by atoms with E-state index in [0.29, 0.717) is 21.2 Å². The molecule has 100 valence electrons. The molecule has 0 spiro atoms. The Bertz CT molecular complexity index is 582. The number of rotatable bonds is 2. The highest BCUT2D eigenvalue weighted by Gasteiger charge is 2.13. The molecular formula is C15H14Cl2FN. The quantitative estimate of drug-likeness (QED) is 0.847. The smallest absolute Gasteiger partial charge is 0.129 e. The lowest BCUT2D eigenvalue weighted by molar-refractivity contribution is 0.607. The zero-order chi connectivity index (χ0) is 14.2. The number of benzene rings is 2. The van der Waals surface area contributed by atoms with Crippen LogP contribution in [-0.2, 0) is 0 Å². The Morgan fingerprint density at radius 2 is 1.32 bits per heavy atom. The fraction of sp³-hybridized carbons (Fsp3) is 0.200. The highest BCUT2D eigenvalue weighted by Crippen LogP contribution is 2.28. The van der Waals surface area contributed by atoms with E-state index in [1.165, 1.54) is 0 Å². The molecule has 2 aromatic rings. The van der Waals surface area contributed by atoms with Crippen LogP contribution in [0.2, 0.25) is 10.0 Å². The number of nitrogens with two attached hydrogens (primary N) is 1. The summed E-state index contributed by atoms with van der Waals surface area (Å²) in [5.74, 6) is -0.194. The second-order valence-corrected chi connectivity index (χ2v) is 5.52. The van der Waals surface area contributed by atoms with E-state index in [1.807, 2.05) is 0 Å². The predicted molar refractivity (Wildman–Crippen MR) is 78.4 cm³/mol. The van der Waals surface area contributed by atoms with Crippen LogP contribution in [0.25, 0.3) is 0 Å². The van der Waals surface area contributed by atoms with Crippen molar-refractivity contribution in [2.24, 2.45) is 5.73 Å². The molecule has 0 saturated heterocycles. The SMILES string of the molecule is Cc1cc(C(N)c2cc(Cl)cc(Cl)c2)cc(C)c1F. The lowest BCUT2D eigenvalue weighted by Gasteiger charge is -2.15. The van der Waals surface area contributed by atoms with E-state index < -0.39 is 0 Å². The van der Waals surface area contributed by atoms with Crippen molar-refractivity contribution >= 4 is 23.2 Å². The van der Waals surface area contributed by atoms with E-state index in [0.717, 1.165) is 11.1 Å². The third kappa shape index (κ3) is 3.08. The normalized spacial score (nSPS) is 12.5. The molecule has 0 saturated carbocycles. The van der Waals surface area contributed by atoms with Gasteiger partial charge < -0.3 is 5.73 Å². The molecule has 4 heteroatoms. The van der Waals surface area contributed by atoms with Crippen molar-refractivity contribution < 1.29 is 4.39 Å². The maximum absolute atomic E-state index is 13.6. The van der Waals surface area contributed by atoms with Crippen LogP contribution in [0.3, 0.4) is 0 Å². The van der Waals surface area contributed by atoms with E-state index in [9.17, 15) is 4.39 Å². The summed E-state index contributed by atoms with van der Waals surface area (Å²) in [5.41, 5.74) is 9.02. The van der Waals surface area contributed by atoms with Gasteiger partial charge in [-0.1, -0.05) is 35.3 Å². The maximum Gasteiger partial charge on any atom is 0.129 e. The van der Waals surface area contributed by atoms with E-state index >= 15 is 0 Å². The first-order valence-electron chi connectivity index (χ1n) is 5.86. The maximum atomic E-state index is 13.6. The molecule has 0 aliphatic heterocycles. The molecular weight excluding hydrogens is 284 g/mol. The molecule has 0 aliphatic rings. The molecule has 0 fully saturated rings. The third-order valence-electron chi connectivity index (χ3n) is 3.06. The first-order chi connectivity index (χ1) is 8.88. The Labute approximate surface area is 122 Å². The number of aryl methyl sites for hydroxylation is 2. The van der Waals surface area contributed by atoms with Gasteiger partial charge in [0.05, 0.1) is 6.04 Å². The van der Waals surface area contributed by atoms with Crippen molar-refractivity contribution in [2.75, 3.05) is 0 Å². The van der Waals surface area contributed by atoms with E-state index in [-0.39, 0.29) is 11.9 Å². The summed E-state index contributed by atoms with van der Waals surface area (Å²) in [5, 5.41) is 1.07.